The summed E-state index contributed by atoms with van der Waals surface area (Å²) in [6.07, 6.45) is 1.23. The second-order valence-electron chi connectivity index (χ2n) is 8.76. The first-order valence-corrected chi connectivity index (χ1v) is 13.9. The van der Waals surface area contributed by atoms with Gasteiger partial charge < -0.3 is 14.4 Å². The van der Waals surface area contributed by atoms with Crippen LogP contribution in [0.5, 0.6) is 0 Å². The van der Waals surface area contributed by atoms with Crippen LogP contribution >= 0.6 is 0 Å². The fourth-order valence-electron chi connectivity index (χ4n) is 3.43. The van der Waals surface area contributed by atoms with Gasteiger partial charge in [0.25, 0.3) is 0 Å². The van der Waals surface area contributed by atoms with Gasteiger partial charge in [-0.25, -0.2) is 4.79 Å². The average molecular weight is 418 g/mol. The van der Waals surface area contributed by atoms with E-state index < -0.39 is 8.07 Å². The van der Waals surface area contributed by atoms with Crippen molar-refractivity contribution in [1.29, 1.82) is 0 Å². The SMILES string of the molecule is C[Si](C)(C)CCOC[C@H]1C[C@H](c2nn[nH]n2)CCN1C(=O)OCc1ccccc1. The number of aromatic nitrogens is 4. The number of aromatic amines is 1. The second kappa shape index (κ2) is 9.97. The van der Waals surface area contributed by atoms with Crippen LogP contribution in [0.4, 0.5) is 4.79 Å². The number of nitrogens with zero attached hydrogens (tertiary/aromatic N) is 4. The third-order valence-corrected chi connectivity index (χ3v) is 6.89. The summed E-state index contributed by atoms with van der Waals surface area (Å²) < 4.78 is 11.6. The van der Waals surface area contributed by atoms with Gasteiger partial charge in [0, 0.05) is 27.1 Å². The molecule has 1 aliphatic rings. The molecule has 1 aliphatic heterocycles. The van der Waals surface area contributed by atoms with Crippen LogP contribution in [0.1, 0.15) is 30.1 Å². The summed E-state index contributed by atoms with van der Waals surface area (Å²) in [7, 11) is -1.15. The van der Waals surface area contributed by atoms with E-state index in [9.17, 15) is 4.79 Å². The van der Waals surface area contributed by atoms with Gasteiger partial charge in [-0.1, -0.05) is 55.2 Å². The maximum absolute atomic E-state index is 12.8. The van der Waals surface area contributed by atoms with E-state index in [4.69, 9.17) is 9.47 Å². The largest absolute Gasteiger partial charge is 0.445 e. The molecule has 0 spiro atoms. The molecule has 8 nitrogen and oxygen atoms in total. The molecule has 0 unspecified atom stereocenters. The van der Waals surface area contributed by atoms with Crippen molar-refractivity contribution >= 4 is 14.2 Å². The van der Waals surface area contributed by atoms with Crippen molar-refractivity contribution in [1.82, 2.24) is 25.5 Å². The number of carbonyl (C=O) groups is 1. The van der Waals surface area contributed by atoms with Crippen molar-refractivity contribution in [3.8, 4) is 0 Å². The molecule has 29 heavy (non-hydrogen) atoms. The highest BCUT2D eigenvalue weighted by atomic mass is 28.3. The van der Waals surface area contributed by atoms with Crippen molar-refractivity contribution in [3.63, 3.8) is 0 Å². The number of piperidine rings is 1. The van der Waals surface area contributed by atoms with Gasteiger partial charge in [-0.2, -0.15) is 5.21 Å². The Hall–Kier alpha value is -2.26. The summed E-state index contributed by atoms with van der Waals surface area (Å²) in [5.74, 6) is 0.868. The minimum Gasteiger partial charge on any atom is -0.445 e. The zero-order chi connectivity index (χ0) is 20.7. The first-order chi connectivity index (χ1) is 13.9. The van der Waals surface area contributed by atoms with Crippen molar-refractivity contribution < 1.29 is 14.3 Å². The maximum Gasteiger partial charge on any atom is 0.410 e. The van der Waals surface area contributed by atoms with Crippen LogP contribution < -0.4 is 0 Å². The van der Waals surface area contributed by atoms with Crippen LogP contribution in [0, 0.1) is 0 Å². The highest BCUT2D eigenvalue weighted by molar-refractivity contribution is 6.76. The van der Waals surface area contributed by atoms with E-state index in [1.54, 1.807) is 4.90 Å². The number of ether oxygens (including phenoxy) is 2. The molecule has 1 saturated heterocycles. The Labute approximate surface area is 173 Å². The van der Waals surface area contributed by atoms with Gasteiger partial charge in [0.2, 0.25) is 0 Å². The third kappa shape index (κ3) is 6.64. The molecule has 2 aromatic rings. The number of hydrogen-bond donors (Lipinski definition) is 1. The van der Waals surface area contributed by atoms with E-state index in [2.05, 4.69) is 40.3 Å². The summed E-state index contributed by atoms with van der Waals surface area (Å²) in [6, 6.07) is 10.8. The summed E-state index contributed by atoms with van der Waals surface area (Å²) in [6.45, 7) is 9.08. The number of benzene rings is 1. The molecule has 1 aromatic carbocycles. The van der Waals surface area contributed by atoms with Crippen LogP contribution in [0.2, 0.25) is 25.7 Å². The molecule has 0 aliphatic carbocycles. The predicted molar refractivity (Wildman–Crippen MR) is 112 cm³/mol. The monoisotopic (exact) mass is 417 g/mol. The standard InChI is InChI=1S/C20H31N5O3Si/c1-29(2,3)12-11-27-15-18-13-17(19-21-23-24-22-19)9-10-25(18)20(26)28-14-16-7-5-4-6-8-16/h4-8,17-18H,9-15H2,1-3H3,(H,21,22,23,24)/t17-,18-/m1/s1. The maximum atomic E-state index is 12.8. The van der Waals surface area contributed by atoms with Crippen LogP contribution in [-0.4, -0.2) is 65.5 Å². The van der Waals surface area contributed by atoms with Crippen LogP contribution in [0.15, 0.2) is 30.3 Å². The molecule has 0 saturated carbocycles. The van der Waals surface area contributed by atoms with Gasteiger partial charge in [0.15, 0.2) is 5.82 Å². The quantitative estimate of drug-likeness (QED) is 0.522. The molecule has 1 N–H and O–H groups in total. The Morgan fingerprint density at radius 1 is 1.28 bits per heavy atom. The van der Waals surface area contributed by atoms with Gasteiger partial charge >= 0.3 is 6.09 Å². The molecule has 0 bridgehead atoms. The number of tetrazole rings is 1. The fraction of sp³-hybridized carbons (Fsp3) is 0.600. The lowest BCUT2D eigenvalue weighted by molar-refractivity contribution is 0.0241. The molecule has 1 amide bonds. The molecule has 1 fully saturated rings. The van der Waals surface area contributed by atoms with Crippen molar-refractivity contribution in [2.45, 2.75) is 57.1 Å². The van der Waals surface area contributed by atoms with Crippen molar-refractivity contribution in [2.24, 2.45) is 0 Å². The first kappa shape index (κ1) is 21.4. The minimum absolute atomic E-state index is 0.0582. The van der Waals surface area contributed by atoms with E-state index in [1.807, 2.05) is 30.3 Å². The topological polar surface area (TPSA) is 93.2 Å². The molecule has 9 heteroatoms. The third-order valence-electron chi connectivity index (χ3n) is 5.19. The van der Waals surface area contributed by atoms with Gasteiger partial charge in [-0.3, -0.25) is 0 Å². The molecular formula is C20H31N5O3Si. The predicted octanol–water partition coefficient (Wildman–Crippen LogP) is 3.44. The molecule has 2 atom stereocenters. The highest BCUT2D eigenvalue weighted by Crippen LogP contribution is 2.30. The van der Waals surface area contributed by atoms with E-state index >= 15 is 0 Å². The van der Waals surface area contributed by atoms with Gasteiger partial charge in [0.05, 0.1) is 12.6 Å². The van der Waals surface area contributed by atoms with Crippen LogP contribution in [0.3, 0.4) is 0 Å². The molecule has 2 heterocycles. The minimum atomic E-state index is -1.15. The van der Waals surface area contributed by atoms with Crippen LogP contribution in [0.25, 0.3) is 0 Å². The van der Waals surface area contributed by atoms with Gasteiger partial charge in [0.1, 0.15) is 6.61 Å². The van der Waals surface area contributed by atoms with E-state index in [1.165, 1.54) is 0 Å². The van der Waals surface area contributed by atoms with E-state index in [0.29, 0.717) is 19.0 Å². The fourth-order valence-corrected chi connectivity index (χ4v) is 4.18. The Morgan fingerprint density at radius 2 is 2.07 bits per heavy atom. The highest BCUT2D eigenvalue weighted by Gasteiger charge is 2.35. The zero-order valence-corrected chi connectivity index (χ0v) is 18.5. The Balaban J connectivity index is 1.59. The zero-order valence-electron chi connectivity index (χ0n) is 17.5. The number of amides is 1. The molecular weight excluding hydrogens is 386 g/mol. The lowest BCUT2D eigenvalue weighted by Crippen LogP contribution is -2.48. The lowest BCUT2D eigenvalue weighted by atomic mass is 9.91. The second-order valence-corrected chi connectivity index (χ2v) is 14.4. The first-order valence-electron chi connectivity index (χ1n) is 10.2. The summed E-state index contributed by atoms with van der Waals surface area (Å²) in [4.78, 5) is 14.6. The Bertz CT molecular complexity index is 751. The molecule has 3 rings (SSSR count). The number of rotatable bonds is 8. The molecule has 1 aromatic heterocycles. The van der Waals surface area contributed by atoms with Crippen LogP contribution in [-0.2, 0) is 16.1 Å². The number of likely N-dealkylation sites (tertiary alicyclic amines) is 1. The number of H-pyrrole nitrogens is 1. The Kier molecular flexibility index (Phi) is 7.38. The number of carbonyl (C=O) groups excluding carboxylic acids is 1. The van der Waals surface area contributed by atoms with Crippen molar-refractivity contribution in [2.75, 3.05) is 19.8 Å². The van der Waals surface area contributed by atoms with E-state index in [-0.39, 0.29) is 24.7 Å². The molecule has 158 valence electrons. The summed E-state index contributed by atoms with van der Waals surface area (Å²) in [5.41, 5.74) is 0.977. The van der Waals surface area contributed by atoms with Gasteiger partial charge in [-0.05, 0) is 24.4 Å². The number of nitrogens with one attached hydrogen (secondary N) is 1. The van der Waals surface area contributed by atoms with E-state index in [0.717, 1.165) is 31.1 Å². The smallest absolute Gasteiger partial charge is 0.410 e. The summed E-state index contributed by atoms with van der Waals surface area (Å²) in [5, 5.41) is 14.5. The summed E-state index contributed by atoms with van der Waals surface area (Å²) >= 11 is 0. The Morgan fingerprint density at radius 3 is 2.76 bits per heavy atom. The average Bonchev–Trinajstić information content (AvgIpc) is 3.24. The van der Waals surface area contributed by atoms with Crippen molar-refractivity contribution in [3.05, 3.63) is 41.7 Å². The normalized spacial score (nSPS) is 19.9. The van der Waals surface area contributed by atoms with Gasteiger partial charge in [-0.15, -0.1) is 10.2 Å². The molecule has 0 radical (unpaired) electrons. The number of hydrogen-bond acceptors (Lipinski definition) is 6. The lowest BCUT2D eigenvalue weighted by Gasteiger charge is -2.37.